The second kappa shape index (κ2) is 6.59. The molecule has 21 heavy (non-hydrogen) atoms. The molecule has 0 saturated heterocycles. The molecular weight excluding hydrogens is 258 g/mol. The Morgan fingerprint density at radius 2 is 2.00 bits per heavy atom. The molecule has 2 nitrogen and oxygen atoms in total. The molecule has 0 aromatic heterocycles. The number of ether oxygens (including phenoxy) is 1. The van der Waals surface area contributed by atoms with Gasteiger partial charge in [0.2, 0.25) is 0 Å². The Balaban J connectivity index is 1.60. The van der Waals surface area contributed by atoms with Crippen LogP contribution in [0.3, 0.4) is 0 Å². The van der Waals surface area contributed by atoms with Crippen molar-refractivity contribution in [3.8, 4) is 5.75 Å². The number of benzene rings is 2. The van der Waals surface area contributed by atoms with Crippen molar-refractivity contribution in [3.05, 3.63) is 71.3 Å². The standard InChI is InChI=1S/C19H21NO/c20-19-10-4-9-16-14-17(11-12-18(16)19)21-13-5-8-15-6-2-1-3-7-15/h1-3,5-8,11-12,14,19H,4,9-10,13,20H2. The molecule has 1 unspecified atom stereocenters. The first kappa shape index (κ1) is 13.9. The van der Waals surface area contributed by atoms with Crippen molar-refractivity contribution in [2.45, 2.75) is 25.3 Å². The van der Waals surface area contributed by atoms with Crippen LogP contribution in [0.5, 0.6) is 5.75 Å². The molecule has 2 aromatic carbocycles. The van der Waals surface area contributed by atoms with Crippen molar-refractivity contribution >= 4 is 6.08 Å². The predicted octanol–water partition coefficient (Wildman–Crippen LogP) is 4.11. The van der Waals surface area contributed by atoms with E-state index in [-0.39, 0.29) is 6.04 Å². The summed E-state index contributed by atoms with van der Waals surface area (Å²) in [7, 11) is 0. The van der Waals surface area contributed by atoms with Crippen LogP contribution in [-0.4, -0.2) is 6.61 Å². The largest absolute Gasteiger partial charge is 0.490 e. The topological polar surface area (TPSA) is 35.2 Å². The van der Waals surface area contributed by atoms with Gasteiger partial charge in [-0.1, -0.05) is 42.5 Å². The number of hydrogen-bond donors (Lipinski definition) is 1. The van der Waals surface area contributed by atoms with Gasteiger partial charge in [0.25, 0.3) is 0 Å². The first-order valence-electron chi connectivity index (χ1n) is 7.56. The molecule has 0 heterocycles. The molecule has 1 aliphatic carbocycles. The highest BCUT2D eigenvalue weighted by Crippen LogP contribution is 2.30. The fourth-order valence-corrected chi connectivity index (χ4v) is 2.81. The van der Waals surface area contributed by atoms with Crippen molar-refractivity contribution in [1.29, 1.82) is 0 Å². The Bertz CT molecular complexity index is 619. The van der Waals surface area contributed by atoms with E-state index in [1.165, 1.54) is 23.1 Å². The van der Waals surface area contributed by atoms with Gasteiger partial charge in [-0.2, -0.15) is 0 Å². The third-order valence-electron chi connectivity index (χ3n) is 3.93. The fourth-order valence-electron chi connectivity index (χ4n) is 2.81. The third-order valence-corrected chi connectivity index (χ3v) is 3.93. The lowest BCUT2D eigenvalue weighted by Gasteiger charge is -2.22. The molecule has 1 aliphatic rings. The Labute approximate surface area is 126 Å². The summed E-state index contributed by atoms with van der Waals surface area (Å²) in [6, 6.07) is 16.7. The zero-order valence-corrected chi connectivity index (χ0v) is 12.2. The first-order chi connectivity index (χ1) is 10.3. The van der Waals surface area contributed by atoms with Crippen LogP contribution in [0.4, 0.5) is 0 Å². The van der Waals surface area contributed by atoms with Crippen LogP contribution in [0.2, 0.25) is 0 Å². The molecule has 0 amide bonds. The molecule has 1 atom stereocenters. The molecule has 0 saturated carbocycles. The average molecular weight is 279 g/mol. The maximum atomic E-state index is 6.13. The quantitative estimate of drug-likeness (QED) is 0.914. The summed E-state index contributed by atoms with van der Waals surface area (Å²) in [6.07, 6.45) is 7.49. The Hall–Kier alpha value is -2.06. The molecule has 0 radical (unpaired) electrons. The minimum atomic E-state index is 0.195. The summed E-state index contributed by atoms with van der Waals surface area (Å²) < 4.78 is 5.80. The summed E-state index contributed by atoms with van der Waals surface area (Å²) in [5.41, 5.74) is 9.95. The van der Waals surface area contributed by atoms with Crippen molar-refractivity contribution in [2.24, 2.45) is 5.73 Å². The van der Waals surface area contributed by atoms with E-state index in [1.807, 2.05) is 30.3 Å². The van der Waals surface area contributed by atoms with Gasteiger partial charge in [-0.25, -0.2) is 0 Å². The molecule has 2 heteroatoms. The van der Waals surface area contributed by atoms with Crippen LogP contribution < -0.4 is 10.5 Å². The summed E-state index contributed by atoms with van der Waals surface area (Å²) in [5, 5.41) is 0. The minimum Gasteiger partial charge on any atom is -0.490 e. The Morgan fingerprint density at radius 3 is 2.86 bits per heavy atom. The Morgan fingerprint density at radius 1 is 1.14 bits per heavy atom. The monoisotopic (exact) mass is 279 g/mol. The van der Waals surface area contributed by atoms with Gasteiger partial charge in [0.15, 0.2) is 0 Å². The van der Waals surface area contributed by atoms with E-state index in [0.717, 1.165) is 18.6 Å². The molecule has 0 bridgehead atoms. The second-order valence-electron chi connectivity index (χ2n) is 5.48. The van der Waals surface area contributed by atoms with Crippen LogP contribution in [0.1, 0.15) is 35.6 Å². The zero-order chi connectivity index (χ0) is 14.5. The lowest BCUT2D eigenvalue weighted by molar-refractivity contribution is 0.362. The maximum Gasteiger partial charge on any atom is 0.120 e. The molecule has 0 aliphatic heterocycles. The van der Waals surface area contributed by atoms with Gasteiger partial charge < -0.3 is 10.5 Å². The van der Waals surface area contributed by atoms with Gasteiger partial charge in [-0.05, 0) is 54.2 Å². The lowest BCUT2D eigenvalue weighted by Crippen LogP contribution is -2.17. The number of hydrogen-bond acceptors (Lipinski definition) is 2. The van der Waals surface area contributed by atoms with Crippen molar-refractivity contribution in [2.75, 3.05) is 6.61 Å². The van der Waals surface area contributed by atoms with E-state index >= 15 is 0 Å². The highest BCUT2D eigenvalue weighted by Gasteiger charge is 2.16. The Kier molecular flexibility index (Phi) is 4.37. The SMILES string of the molecule is NC1CCCc2cc(OCC=Cc3ccccc3)ccc21. The summed E-state index contributed by atoms with van der Waals surface area (Å²) in [6.45, 7) is 0.583. The molecule has 108 valence electrons. The smallest absolute Gasteiger partial charge is 0.120 e. The highest BCUT2D eigenvalue weighted by molar-refractivity contribution is 5.48. The second-order valence-corrected chi connectivity index (χ2v) is 5.48. The van der Waals surface area contributed by atoms with Crippen molar-refractivity contribution in [3.63, 3.8) is 0 Å². The van der Waals surface area contributed by atoms with E-state index in [4.69, 9.17) is 10.5 Å². The van der Waals surface area contributed by atoms with E-state index in [9.17, 15) is 0 Å². The molecule has 3 rings (SSSR count). The van der Waals surface area contributed by atoms with E-state index in [1.54, 1.807) is 0 Å². The van der Waals surface area contributed by atoms with E-state index < -0.39 is 0 Å². The molecular formula is C19H21NO. The predicted molar refractivity (Wildman–Crippen MR) is 87.3 cm³/mol. The molecule has 2 N–H and O–H groups in total. The normalized spacial score (nSPS) is 17.7. The minimum absolute atomic E-state index is 0.195. The van der Waals surface area contributed by atoms with Gasteiger partial charge in [-0.3, -0.25) is 0 Å². The molecule has 2 aromatic rings. The van der Waals surface area contributed by atoms with Gasteiger partial charge in [0.05, 0.1) is 0 Å². The van der Waals surface area contributed by atoms with Gasteiger partial charge in [0.1, 0.15) is 12.4 Å². The highest BCUT2D eigenvalue weighted by atomic mass is 16.5. The summed E-state index contributed by atoms with van der Waals surface area (Å²) in [5.74, 6) is 0.931. The van der Waals surface area contributed by atoms with E-state index in [2.05, 4.69) is 30.3 Å². The van der Waals surface area contributed by atoms with Crippen LogP contribution in [0.15, 0.2) is 54.6 Å². The summed E-state index contributed by atoms with van der Waals surface area (Å²) >= 11 is 0. The van der Waals surface area contributed by atoms with Gasteiger partial charge in [-0.15, -0.1) is 0 Å². The van der Waals surface area contributed by atoms with Crippen LogP contribution in [0, 0.1) is 0 Å². The number of aryl methyl sites for hydroxylation is 1. The number of rotatable bonds is 4. The van der Waals surface area contributed by atoms with E-state index in [0.29, 0.717) is 6.61 Å². The fraction of sp³-hybridized carbons (Fsp3) is 0.263. The summed E-state index contributed by atoms with van der Waals surface area (Å²) in [4.78, 5) is 0. The van der Waals surface area contributed by atoms with Crippen molar-refractivity contribution in [1.82, 2.24) is 0 Å². The zero-order valence-electron chi connectivity index (χ0n) is 12.2. The molecule has 0 fully saturated rings. The lowest BCUT2D eigenvalue weighted by atomic mass is 9.88. The number of nitrogens with two attached hydrogens (primary N) is 1. The van der Waals surface area contributed by atoms with Crippen LogP contribution in [0.25, 0.3) is 6.08 Å². The first-order valence-corrected chi connectivity index (χ1v) is 7.56. The van der Waals surface area contributed by atoms with Crippen molar-refractivity contribution < 1.29 is 4.74 Å². The number of fused-ring (bicyclic) bond motifs is 1. The van der Waals surface area contributed by atoms with Crippen LogP contribution in [-0.2, 0) is 6.42 Å². The average Bonchev–Trinajstić information content (AvgIpc) is 2.53. The molecule has 0 spiro atoms. The third kappa shape index (κ3) is 3.53. The van der Waals surface area contributed by atoms with Crippen LogP contribution >= 0.6 is 0 Å². The van der Waals surface area contributed by atoms with Gasteiger partial charge >= 0.3 is 0 Å². The maximum absolute atomic E-state index is 6.13. The van der Waals surface area contributed by atoms with Gasteiger partial charge in [0, 0.05) is 6.04 Å².